The van der Waals surface area contributed by atoms with Crippen LogP contribution in [0.5, 0.6) is 11.5 Å². The second-order valence-electron chi connectivity index (χ2n) is 8.83. The Labute approximate surface area is 192 Å². The summed E-state index contributed by atoms with van der Waals surface area (Å²) in [7, 11) is 0. The minimum Gasteiger partial charge on any atom is -0.487 e. The number of rotatable bonds is 4. The summed E-state index contributed by atoms with van der Waals surface area (Å²) in [6, 6.07) is 12.1. The number of piperidine rings is 2. The van der Waals surface area contributed by atoms with Gasteiger partial charge in [0.2, 0.25) is 0 Å². The number of hydrogen-bond acceptors (Lipinski definition) is 6. The molecule has 0 bridgehead atoms. The quantitative estimate of drug-likeness (QED) is 0.583. The molecule has 0 saturated carbocycles. The molecule has 2 heterocycles. The van der Waals surface area contributed by atoms with Gasteiger partial charge >= 0.3 is 0 Å². The molecule has 4 atom stereocenters. The van der Waals surface area contributed by atoms with Crippen molar-refractivity contribution in [1.29, 1.82) is 0 Å². The molecule has 0 unspecified atom stereocenters. The van der Waals surface area contributed by atoms with Crippen molar-refractivity contribution in [1.82, 2.24) is 10.6 Å². The third-order valence-electron chi connectivity index (χ3n) is 6.44. The molecule has 0 amide bonds. The second-order valence-corrected chi connectivity index (χ2v) is 8.83. The summed E-state index contributed by atoms with van der Waals surface area (Å²) in [5, 5.41) is 25.9. The van der Waals surface area contributed by atoms with Crippen molar-refractivity contribution in [3.8, 4) is 11.5 Å². The third-order valence-corrected chi connectivity index (χ3v) is 6.44. The summed E-state index contributed by atoms with van der Waals surface area (Å²) in [5.41, 5.74) is 4.77. The first kappa shape index (κ1) is 24.5. The predicted octanol–water partition coefficient (Wildman–Crippen LogP) is 2.81. The van der Waals surface area contributed by atoms with Crippen LogP contribution in [0.4, 0.5) is 0 Å². The fraction of sp³-hybridized carbons (Fsp3) is 0.538. The van der Waals surface area contributed by atoms with E-state index in [4.69, 9.17) is 9.47 Å². The van der Waals surface area contributed by atoms with Gasteiger partial charge in [0.15, 0.2) is 0 Å². The van der Waals surface area contributed by atoms with Gasteiger partial charge in [0.05, 0.1) is 0 Å². The molecule has 2 aromatic rings. The summed E-state index contributed by atoms with van der Waals surface area (Å²) >= 11 is 0. The maximum absolute atomic E-state index is 9.80. The lowest BCUT2D eigenvalue weighted by molar-refractivity contribution is 0.0159. The first-order chi connectivity index (χ1) is 15.4. The predicted molar refractivity (Wildman–Crippen MR) is 128 cm³/mol. The summed E-state index contributed by atoms with van der Waals surface area (Å²) in [6.45, 7) is 11.3. The van der Waals surface area contributed by atoms with Crippen molar-refractivity contribution in [2.75, 3.05) is 26.2 Å². The number of aliphatic hydroxyl groups excluding tert-OH is 2. The van der Waals surface area contributed by atoms with E-state index in [2.05, 4.69) is 50.5 Å². The van der Waals surface area contributed by atoms with Crippen LogP contribution in [0.3, 0.4) is 0 Å². The molecular formula is C26H38N2O4. The number of aryl methyl sites for hydroxylation is 2. The largest absolute Gasteiger partial charge is 0.487 e. The van der Waals surface area contributed by atoms with E-state index < -0.39 is 12.2 Å². The molecule has 6 heteroatoms. The molecule has 0 spiro atoms. The zero-order valence-corrected chi connectivity index (χ0v) is 19.7. The second kappa shape index (κ2) is 11.7. The Hall–Kier alpha value is -2.12. The Morgan fingerprint density at radius 3 is 1.47 bits per heavy atom. The van der Waals surface area contributed by atoms with Crippen molar-refractivity contribution in [2.45, 2.75) is 65.0 Å². The first-order valence-electron chi connectivity index (χ1n) is 11.6. The molecule has 0 radical (unpaired) electrons. The van der Waals surface area contributed by atoms with E-state index in [0.29, 0.717) is 13.1 Å². The van der Waals surface area contributed by atoms with Crippen LogP contribution in [0, 0.1) is 27.7 Å². The molecule has 6 nitrogen and oxygen atoms in total. The number of nitrogens with one attached hydrogen (secondary N) is 2. The summed E-state index contributed by atoms with van der Waals surface area (Å²) in [5.74, 6) is 1.79. The van der Waals surface area contributed by atoms with E-state index in [1.165, 1.54) is 11.1 Å². The van der Waals surface area contributed by atoms with Crippen molar-refractivity contribution in [3.63, 3.8) is 0 Å². The Bertz CT molecular complexity index is 801. The molecule has 2 aliphatic heterocycles. The van der Waals surface area contributed by atoms with Gasteiger partial charge in [-0.1, -0.05) is 24.3 Å². The van der Waals surface area contributed by atoms with Gasteiger partial charge in [-0.15, -0.1) is 0 Å². The molecule has 2 aromatic carbocycles. The van der Waals surface area contributed by atoms with Gasteiger partial charge in [0.25, 0.3) is 0 Å². The minimum absolute atomic E-state index is 0.0817. The van der Waals surface area contributed by atoms with Gasteiger partial charge < -0.3 is 30.3 Å². The monoisotopic (exact) mass is 442 g/mol. The standard InChI is InChI=1S/2C13H19NO2/c2*1-9-4-3-5-12(10(9)2)16-13-6-7-14-8-11(13)15/h2*3-5,11,13-15H,6-8H2,1-2H3/t2*11-,13+/m11/s1. The molecule has 2 saturated heterocycles. The Kier molecular flexibility index (Phi) is 8.93. The Balaban J connectivity index is 0.000000181. The summed E-state index contributed by atoms with van der Waals surface area (Å²) < 4.78 is 11.8. The van der Waals surface area contributed by atoms with E-state index in [1.54, 1.807) is 0 Å². The molecule has 32 heavy (non-hydrogen) atoms. The molecule has 2 fully saturated rings. The van der Waals surface area contributed by atoms with Crippen LogP contribution >= 0.6 is 0 Å². The molecule has 4 rings (SSSR count). The fourth-order valence-electron chi connectivity index (χ4n) is 3.94. The van der Waals surface area contributed by atoms with Gasteiger partial charge in [-0.25, -0.2) is 0 Å². The van der Waals surface area contributed by atoms with E-state index in [1.807, 2.05) is 24.3 Å². The zero-order valence-electron chi connectivity index (χ0n) is 19.7. The van der Waals surface area contributed by atoms with Crippen LogP contribution in [0.25, 0.3) is 0 Å². The Morgan fingerprint density at radius 1 is 0.688 bits per heavy atom. The van der Waals surface area contributed by atoms with Crippen LogP contribution in [0.15, 0.2) is 36.4 Å². The van der Waals surface area contributed by atoms with Crippen LogP contribution in [0.1, 0.15) is 35.1 Å². The lowest BCUT2D eigenvalue weighted by Crippen LogP contribution is -2.46. The summed E-state index contributed by atoms with van der Waals surface area (Å²) in [4.78, 5) is 0. The highest BCUT2D eigenvalue weighted by Gasteiger charge is 2.25. The van der Waals surface area contributed by atoms with Gasteiger partial charge in [-0.2, -0.15) is 0 Å². The first-order valence-corrected chi connectivity index (χ1v) is 11.6. The Morgan fingerprint density at radius 2 is 1.09 bits per heavy atom. The molecule has 0 aliphatic carbocycles. The maximum atomic E-state index is 9.80. The van der Waals surface area contributed by atoms with E-state index in [-0.39, 0.29) is 12.2 Å². The lowest BCUT2D eigenvalue weighted by atomic mass is 10.1. The third kappa shape index (κ3) is 6.45. The van der Waals surface area contributed by atoms with Crippen molar-refractivity contribution >= 4 is 0 Å². The summed E-state index contributed by atoms with van der Waals surface area (Å²) in [6.07, 6.45) is 0.731. The molecule has 4 N–H and O–H groups in total. The van der Waals surface area contributed by atoms with Crippen molar-refractivity contribution < 1.29 is 19.7 Å². The lowest BCUT2D eigenvalue weighted by Gasteiger charge is -2.29. The normalized spacial score (nSPS) is 25.4. The number of β-amino-alcohol motifs (C(OH)–C–C–N with tert-alkyl or cyclic N) is 2. The molecule has 0 aromatic heterocycles. The van der Waals surface area contributed by atoms with Crippen molar-refractivity contribution in [3.05, 3.63) is 58.7 Å². The highest BCUT2D eigenvalue weighted by Crippen LogP contribution is 2.25. The topological polar surface area (TPSA) is 83.0 Å². The number of benzene rings is 2. The number of aliphatic hydroxyl groups is 2. The number of hydrogen-bond donors (Lipinski definition) is 4. The minimum atomic E-state index is -0.409. The van der Waals surface area contributed by atoms with Gasteiger partial charge in [-0.3, -0.25) is 0 Å². The van der Waals surface area contributed by atoms with Crippen LogP contribution in [0.2, 0.25) is 0 Å². The zero-order chi connectivity index (χ0) is 23.1. The van der Waals surface area contributed by atoms with Gasteiger partial charge in [-0.05, 0) is 88.0 Å². The van der Waals surface area contributed by atoms with Gasteiger partial charge in [0.1, 0.15) is 35.9 Å². The van der Waals surface area contributed by atoms with E-state index in [9.17, 15) is 10.2 Å². The molecular weight excluding hydrogens is 404 g/mol. The van der Waals surface area contributed by atoms with E-state index >= 15 is 0 Å². The van der Waals surface area contributed by atoms with Crippen LogP contribution < -0.4 is 20.1 Å². The van der Waals surface area contributed by atoms with Crippen molar-refractivity contribution in [2.24, 2.45) is 0 Å². The highest BCUT2D eigenvalue weighted by atomic mass is 16.5. The highest BCUT2D eigenvalue weighted by molar-refractivity contribution is 5.39. The fourth-order valence-corrected chi connectivity index (χ4v) is 3.94. The maximum Gasteiger partial charge on any atom is 0.127 e. The smallest absolute Gasteiger partial charge is 0.127 e. The average Bonchev–Trinajstić information content (AvgIpc) is 2.78. The van der Waals surface area contributed by atoms with Crippen LogP contribution in [-0.4, -0.2) is 60.8 Å². The molecule has 176 valence electrons. The number of ether oxygens (including phenoxy) is 2. The molecule has 2 aliphatic rings. The van der Waals surface area contributed by atoms with Gasteiger partial charge in [0, 0.05) is 13.1 Å². The van der Waals surface area contributed by atoms with E-state index in [0.717, 1.165) is 48.6 Å². The SMILES string of the molecule is Cc1cccc(O[C@H]2CCNC[C@H]2O)c1C.Cc1cccc(O[C@H]2CCNC[C@H]2O)c1C. The average molecular weight is 443 g/mol. The van der Waals surface area contributed by atoms with Crippen LogP contribution in [-0.2, 0) is 0 Å².